The average Bonchev–Trinajstić information content (AvgIpc) is 2.86. The van der Waals surface area contributed by atoms with Crippen LogP contribution >= 0.6 is 11.8 Å². The van der Waals surface area contributed by atoms with Gasteiger partial charge in [0.2, 0.25) is 0 Å². The van der Waals surface area contributed by atoms with E-state index in [-0.39, 0.29) is 5.41 Å². The van der Waals surface area contributed by atoms with Crippen molar-refractivity contribution in [3.8, 4) is 0 Å². The Balaban J connectivity index is 2.02. The Kier molecular flexibility index (Phi) is 2.07. The Hall–Kier alpha value is -0.180. The summed E-state index contributed by atoms with van der Waals surface area (Å²) in [6.07, 6.45) is 4.10. The molecule has 0 unspecified atom stereocenters. The van der Waals surface area contributed by atoms with Crippen molar-refractivity contribution in [2.24, 2.45) is 11.3 Å². The van der Waals surface area contributed by atoms with Gasteiger partial charge in [-0.25, -0.2) is 0 Å². The minimum Gasteiger partial charge on any atom is -0.481 e. The Labute approximate surface area is 76.7 Å². The maximum atomic E-state index is 11.0. The third-order valence-corrected chi connectivity index (χ3v) is 4.27. The molecule has 1 saturated carbocycles. The fraction of sp³-hybridized carbons (Fsp3) is 0.889. The number of aliphatic carboxylic acids is 1. The summed E-state index contributed by atoms with van der Waals surface area (Å²) in [5, 5.41) is 9.05. The lowest BCUT2D eigenvalue weighted by atomic mass is 9.84. The van der Waals surface area contributed by atoms with E-state index in [2.05, 4.69) is 0 Å². The van der Waals surface area contributed by atoms with Crippen LogP contribution in [0.25, 0.3) is 0 Å². The SMILES string of the molecule is O=C(O)C1(C2CCSCC2)CC1. The molecule has 3 heteroatoms. The van der Waals surface area contributed by atoms with E-state index in [0.717, 1.165) is 25.7 Å². The van der Waals surface area contributed by atoms with Crippen molar-refractivity contribution in [2.45, 2.75) is 25.7 Å². The predicted octanol–water partition coefficient (Wildman–Crippen LogP) is 1.99. The topological polar surface area (TPSA) is 37.3 Å². The zero-order valence-corrected chi connectivity index (χ0v) is 7.90. The summed E-state index contributed by atoms with van der Waals surface area (Å²) >= 11 is 1.96. The van der Waals surface area contributed by atoms with Gasteiger partial charge in [-0.15, -0.1) is 0 Å². The molecular weight excluding hydrogens is 172 g/mol. The van der Waals surface area contributed by atoms with Crippen molar-refractivity contribution in [1.29, 1.82) is 0 Å². The van der Waals surface area contributed by atoms with Gasteiger partial charge >= 0.3 is 5.97 Å². The molecule has 12 heavy (non-hydrogen) atoms. The molecule has 0 amide bonds. The summed E-state index contributed by atoms with van der Waals surface area (Å²) in [4.78, 5) is 11.0. The molecule has 2 aliphatic rings. The largest absolute Gasteiger partial charge is 0.481 e. The number of hydrogen-bond donors (Lipinski definition) is 1. The van der Waals surface area contributed by atoms with Crippen molar-refractivity contribution in [3.63, 3.8) is 0 Å². The third kappa shape index (κ3) is 1.24. The average molecular weight is 186 g/mol. The highest BCUT2D eigenvalue weighted by atomic mass is 32.2. The van der Waals surface area contributed by atoms with Crippen LogP contribution in [0.15, 0.2) is 0 Å². The summed E-state index contributed by atoms with van der Waals surface area (Å²) < 4.78 is 0. The minimum atomic E-state index is -0.542. The van der Waals surface area contributed by atoms with E-state index in [1.54, 1.807) is 0 Å². The fourth-order valence-corrected chi connectivity index (χ4v) is 3.29. The highest BCUT2D eigenvalue weighted by Crippen LogP contribution is 2.55. The Bertz CT molecular complexity index is 193. The summed E-state index contributed by atoms with van der Waals surface area (Å²) in [7, 11) is 0. The Morgan fingerprint density at radius 1 is 1.33 bits per heavy atom. The van der Waals surface area contributed by atoms with Gasteiger partial charge in [-0.1, -0.05) is 0 Å². The Morgan fingerprint density at radius 2 is 1.92 bits per heavy atom. The molecule has 1 N–H and O–H groups in total. The van der Waals surface area contributed by atoms with E-state index in [1.807, 2.05) is 11.8 Å². The van der Waals surface area contributed by atoms with Crippen molar-refractivity contribution in [1.82, 2.24) is 0 Å². The van der Waals surface area contributed by atoms with Gasteiger partial charge in [0, 0.05) is 0 Å². The van der Waals surface area contributed by atoms with Crippen molar-refractivity contribution >= 4 is 17.7 Å². The quantitative estimate of drug-likeness (QED) is 0.716. The van der Waals surface area contributed by atoms with Gasteiger partial charge in [0.1, 0.15) is 0 Å². The van der Waals surface area contributed by atoms with Crippen molar-refractivity contribution < 1.29 is 9.90 Å². The summed E-state index contributed by atoms with van der Waals surface area (Å²) in [5.41, 5.74) is -0.277. The molecule has 1 aliphatic carbocycles. The summed E-state index contributed by atoms with van der Waals surface area (Å²) in [5.74, 6) is 2.27. The second-order valence-corrected chi connectivity index (χ2v) is 5.07. The van der Waals surface area contributed by atoms with E-state index in [9.17, 15) is 4.79 Å². The van der Waals surface area contributed by atoms with Gasteiger partial charge in [0.05, 0.1) is 5.41 Å². The number of rotatable bonds is 2. The fourth-order valence-electron chi connectivity index (χ4n) is 2.18. The van der Waals surface area contributed by atoms with Crippen LogP contribution in [0.1, 0.15) is 25.7 Å². The van der Waals surface area contributed by atoms with Crippen LogP contribution < -0.4 is 0 Å². The molecule has 0 spiro atoms. The number of carbonyl (C=O) groups is 1. The molecule has 2 fully saturated rings. The Morgan fingerprint density at radius 3 is 2.33 bits per heavy atom. The molecule has 0 bridgehead atoms. The van der Waals surface area contributed by atoms with Crippen molar-refractivity contribution in [2.75, 3.05) is 11.5 Å². The van der Waals surface area contributed by atoms with Crippen LogP contribution in [0.5, 0.6) is 0 Å². The van der Waals surface area contributed by atoms with Crippen LogP contribution in [-0.4, -0.2) is 22.6 Å². The second kappa shape index (κ2) is 2.95. The van der Waals surface area contributed by atoms with Crippen LogP contribution in [0.3, 0.4) is 0 Å². The van der Waals surface area contributed by atoms with Gasteiger partial charge in [0.25, 0.3) is 0 Å². The van der Waals surface area contributed by atoms with Gasteiger partial charge in [-0.3, -0.25) is 4.79 Å². The molecule has 0 aromatic heterocycles. The maximum absolute atomic E-state index is 11.0. The molecule has 0 atom stereocenters. The summed E-state index contributed by atoms with van der Waals surface area (Å²) in [6, 6.07) is 0. The lowest BCUT2D eigenvalue weighted by Crippen LogP contribution is -2.28. The first-order valence-corrected chi connectivity index (χ1v) is 5.72. The third-order valence-electron chi connectivity index (χ3n) is 3.22. The normalized spacial score (nSPS) is 28.3. The molecule has 0 radical (unpaired) electrons. The van der Waals surface area contributed by atoms with Crippen LogP contribution in [-0.2, 0) is 4.79 Å². The van der Waals surface area contributed by atoms with E-state index in [4.69, 9.17) is 5.11 Å². The number of carboxylic acid groups (broad SMARTS) is 1. The van der Waals surface area contributed by atoms with Gasteiger partial charge in [-0.2, -0.15) is 11.8 Å². The van der Waals surface area contributed by atoms with E-state index in [0.29, 0.717) is 5.92 Å². The zero-order chi connectivity index (χ0) is 8.60. The standard InChI is InChI=1S/C9H14O2S/c10-8(11)9(3-4-9)7-1-5-12-6-2-7/h7H,1-6H2,(H,10,11). The van der Waals surface area contributed by atoms with Gasteiger partial charge in [0.15, 0.2) is 0 Å². The van der Waals surface area contributed by atoms with Crippen LogP contribution in [0.2, 0.25) is 0 Å². The van der Waals surface area contributed by atoms with Gasteiger partial charge in [-0.05, 0) is 43.1 Å². The molecule has 1 aliphatic heterocycles. The molecule has 1 saturated heterocycles. The second-order valence-electron chi connectivity index (χ2n) is 3.85. The first-order chi connectivity index (χ1) is 5.76. The molecule has 0 aromatic carbocycles. The highest BCUT2D eigenvalue weighted by molar-refractivity contribution is 7.99. The van der Waals surface area contributed by atoms with Gasteiger partial charge < -0.3 is 5.11 Å². The monoisotopic (exact) mass is 186 g/mol. The number of thioether (sulfide) groups is 1. The molecule has 1 heterocycles. The predicted molar refractivity (Wildman–Crippen MR) is 49.4 cm³/mol. The van der Waals surface area contributed by atoms with E-state index >= 15 is 0 Å². The first kappa shape index (κ1) is 8.42. The molecule has 2 nitrogen and oxygen atoms in total. The maximum Gasteiger partial charge on any atom is 0.309 e. The summed E-state index contributed by atoms with van der Waals surface area (Å²) in [6.45, 7) is 0. The van der Waals surface area contributed by atoms with E-state index < -0.39 is 5.97 Å². The van der Waals surface area contributed by atoms with Crippen molar-refractivity contribution in [3.05, 3.63) is 0 Å². The molecule has 68 valence electrons. The molecular formula is C9H14O2S. The lowest BCUT2D eigenvalue weighted by molar-refractivity contribution is -0.145. The minimum absolute atomic E-state index is 0.277. The van der Waals surface area contributed by atoms with E-state index in [1.165, 1.54) is 11.5 Å². The molecule has 2 rings (SSSR count). The number of hydrogen-bond acceptors (Lipinski definition) is 2. The highest BCUT2D eigenvalue weighted by Gasteiger charge is 2.55. The number of carboxylic acids is 1. The smallest absolute Gasteiger partial charge is 0.309 e. The first-order valence-electron chi connectivity index (χ1n) is 4.57. The van der Waals surface area contributed by atoms with Crippen LogP contribution in [0, 0.1) is 11.3 Å². The van der Waals surface area contributed by atoms with Crippen LogP contribution in [0.4, 0.5) is 0 Å². The molecule has 0 aromatic rings. The zero-order valence-electron chi connectivity index (χ0n) is 7.08. The lowest BCUT2D eigenvalue weighted by Gasteiger charge is -2.26.